The van der Waals surface area contributed by atoms with Crippen LogP contribution in [0.1, 0.15) is 49.1 Å². The molecule has 1 aliphatic carbocycles. The fraction of sp³-hybridized carbons (Fsp3) is 0.600. The molecule has 3 aliphatic heterocycles. The number of hydrogen-bond acceptors (Lipinski definition) is 5. The highest BCUT2D eigenvalue weighted by Crippen LogP contribution is 2.37. The fourth-order valence-corrected chi connectivity index (χ4v) is 5.75. The van der Waals surface area contributed by atoms with E-state index in [1.54, 1.807) is 0 Å². The van der Waals surface area contributed by atoms with Crippen LogP contribution in [0, 0.1) is 12.8 Å². The normalized spacial score (nSPS) is 22.9. The third kappa shape index (κ3) is 4.96. The number of nitrogens with one attached hydrogen (secondary N) is 2. The van der Waals surface area contributed by atoms with Crippen molar-refractivity contribution in [3.8, 4) is 0 Å². The molecule has 10 heteroatoms. The Balaban J connectivity index is 1.08. The van der Waals surface area contributed by atoms with E-state index in [0.29, 0.717) is 56.5 Å². The number of piperidine rings is 1. The van der Waals surface area contributed by atoms with Gasteiger partial charge in [0, 0.05) is 68.7 Å². The molecule has 9 nitrogen and oxygen atoms in total. The first kappa shape index (κ1) is 23.9. The summed E-state index contributed by atoms with van der Waals surface area (Å²) in [5.41, 5.74) is 2.66. The molecule has 0 aromatic heterocycles. The first-order valence-corrected chi connectivity index (χ1v) is 12.8. The maximum Gasteiger partial charge on any atom is 0.320 e. The predicted molar refractivity (Wildman–Crippen MR) is 131 cm³/mol. The van der Waals surface area contributed by atoms with Crippen LogP contribution in [0.3, 0.4) is 0 Å². The minimum atomic E-state index is -0.412. The molecule has 0 radical (unpaired) electrons. The molecule has 188 valence electrons. The smallest absolute Gasteiger partial charge is 0.320 e. The van der Waals surface area contributed by atoms with E-state index in [4.69, 9.17) is 11.6 Å². The quantitative estimate of drug-likeness (QED) is 0.580. The summed E-state index contributed by atoms with van der Waals surface area (Å²) in [4.78, 5) is 54.4. The van der Waals surface area contributed by atoms with Gasteiger partial charge in [0.25, 0.3) is 0 Å². The zero-order valence-corrected chi connectivity index (χ0v) is 20.9. The summed E-state index contributed by atoms with van der Waals surface area (Å²) in [5, 5.41) is 6.03. The molecule has 3 saturated heterocycles. The number of rotatable bonds is 6. The second-order valence-corrected chi connectivity index (χ2v) is 10.8. The summed E-state index contributed by atoms with van der Waals surface area (Å²) in [6.45, 7) is 4.62. The Labute approximate surface area is 210 Å². The van der Waals surface area contributed by atoms with Crippen molar-refractivity contribution in [3.63, 3.8) is 0 Å². The lowest BCUT2D eigenvalue weighted by Gasteiger charge is -2.43. The highest BCUT2D eigenvalue weighted by atomic mass is 35.5. The van der Waals surface area contributed by atoms with Crippen molar-refractivity contribution in [1.29, 1.82) is 0 Å². The first-order valence-electron chi connectivity index (χ1n) is 12.4. The van der Waals surface area contributed by atoms with Crippen molar-refractivity contribution in [2.24, 2.45) is 5.92 Å². The average molecular weight is 502 g/mol. The number of halogens is 1. The summed E-state index contributed by atoms with van der Waals surface area (Å²) in [5.74, 6) is -0.688. The lowest BCUT2D eigenvalue weighted by molar-refractivity contribution is -0.134. The third-order valence-corrected chi connectivity index (χ3v) is 7.93. The molecule has 1 aromatic carbocycles. The van der Waals surface area contributed by atoms with E-state index < -0.39 is 5.92 Å². The molecule has 1 unspecified atom stereocenters. The van der Waals surface area contributed by atoms with Crippen LogP contribution >= 0.6 is 11.6 Å². The Morgan fingerprint density at radius 2 is 1.86 bits per heavy atom. The summed E-state index contributed by atoms with van der Waals surface area (Å²) in [6, 6.07) is 4.44. The lowest BCUT2D eigenvalue weighted by atomic mass is 9.87. The van der Waals surface area contributed by atoms with Crippen molar-refractivity contribution in [1.82, 2.24) is 20.4 Å². The Morgan fingerprint density at radius 1 is 1.14 bits per heavy atom. The number of imide groups is 1. The summed E-state index contributed by atoms with van der Waals surface area (Å²) < 4.78 is 0. The van der Waals surface area contributed by atoms with Crippen molar-refractivity contribution in [2.75, 3.05) is 38.1 Å². The zero-order valence-electron chi connectivity index (χ0n) is 20.2. The Hall–Kier alpha value is -2.81. The second kappa shape index (κ2) is 9.33. The molecule has 1 atom stereocenters. The minimum Gasteiger partial charge on any atom is -0.367 e. The molecule has 1 aromatic rings. The average Bonchev–Trinajstić information content (AvgIpc) is 3.58. The van der Waals surface area contributed by atoms with Gasteiger partial charge in [0.1, 0.15) is 0 Å². The van der Waals surface area contributed by atoms with E-state index in [2.05, 4.69) is 15.5 Å². The van der Waals surface area contributed by atoms with E-state index in [-0.39, 0.29) is 35.7 Å². The van der Waals surface area contributed by atoms with Gasteiger partial charge in [-0.15, -0.1) is 0 Å². The number of urea groups is 1. The maximum atomic E-state index is 12.5. The molecular weight excluding hydrogens is 470 g/mol. The number of carbonyl (C=O) groups is 4. The van der Waals surface area contributed by atoms with Gasteiger partial charge in [0.05, 0.1) is 12.0 Å². The molecule has 2 N–H and O–H groups in total. The molecule has 4 fully saturated rings. The number of likely N-dealkylation sites (tertiary alicyclic amines) is 1. The van der Waals surface area contributed by atoms with Gasteiger partial charge in [-0.1, -0.05) is 11.6 Å². The molecule has 4 aliphatic rings. The minimum absolute atomic E-state index is 0.0321. The molecule has 1 saturated carbocycles. The molecule has 0 bridgehead atoms. The Kier molecular flexibility index (Phi) is 6.38. The van der Waals surface area contributed by atoms with Gasteiger partial charge >= 0.3 is 6.03 Å². The van der Waals surface area contributed by atoms with Crippen molar-refractivity contribution >= 4 is 41.0 Å². The number of benzene rings is 1. The fourth-order valence-electron chi connectivity index (χ4n) is 5.36. The predicted octanol–water partition coefficient (Wildman–Crippen LogP) is 2.01. The monoisotopic (exact) mass is 501 g/mol. The van der Waals surface area contributed by atoms with Gasteiger partial charge in [-0.25, -0.2) is 4.79 Å². The molecule has 3 heterocycles. The van der Waals surface area contributed by atoms with Gasteiger partial charge < -0.3 is 20.0 Å². The van der Waals surface area contributed by atoms with Crippen LogP contribution < -0.4 is 15.5 Å². The molecular formula is C25H32ClN5O4. The summed E-state index contributed by atoms with van der Waals surface area (Å²) in [6.07, 6.45) is 3.41. The van der Waals surface area contributed by atoms with Gasteiger partial charge in [-0.3, -0.25) is 19.7 Å². The van der Waals surface area contributed by atoms with E-state index in [1.165, 1.54) is 0 Å². The second-order valence-electron chi connectivity index (χ2n) is 10.4. The largest absolute Gasteiger partial charge is 0.367 e. The first-order chi connectivity index (χ1) is 16.7. The highest BCUT2D eigenvalue weighted by molar-refractivity contribution is 6.32. The number of nitrogens with zero attached hydrogens (tertiary/aromatic N) is 3. The summed E-state index contributed by atoms with van der Waals surface area (Å²) >= 11 is 6.58. The van der Waals surface area contributed by atoms with E-state index in [0.717, 1.165) is 29.7 Å². The van der Waals surface area contributed by atoms with Crippen LogP contribution in [0.4, 0.5) is 10.5 Å². The van der Waals surface area contributed by atoms with Crippen LogP contribution in [0.15, 0.2) is 12.1 Å². The molecule has 35 heavy (non-hydrogen) atoms. The van der Waals surface area contributed by atoms with Crippen molar-refractivity contribution in [3.05, 3.63) is 28.3 Å². The van der Waals surface area contributed by atoms with E-state index in [1.807, 2.05) is 35.9 Å². The zero-order chi connectivity index (χ0) is 24.9. The number of aryl methyl sites for hydroxylation is 1. The topological polar surface area (TPSA) is 102 Å². The summed E-state index contributed by atoms with van der Waals surface area (Å²) in [7, 11) is 1.86. The van der Waals surface area contributed by atoms with Gasteiger partial charge in [0.15, 0.2) is 0 Å². The van der Waals surface area contributed by atoms with Crippen molar-refractivity contribution in [2.45, 2.75) is 57.0 Å². The SMILES string of the molecule is Cc1cc(N2CC(NC(=O)CC3CN(C(=O)N(C)C4CC4)C3)C2)cc(Cl)c1C1CCC(=O)NC1=O. The van der Waals surface area contributed by atoms with E-state index >= 15 is 0 Å². The van der Waals surface area contributed by atoms with Crippen molar-refractivity contribution < 1.29 is 19.2 Å². The molecule has 5 amide bonds. The third-order valence-electron chi connectivity index (χ3n) is 7.62. The maximum absolute atomic E-state index is 12.5. The molecule has 5 rings (SSSR count). The molecule has 0 spiro atoms. The number of amides is 5. The van der Waals surface area contributed by atoms with Crippen LogP contribution in [-0.2, 0) is 14.4 Å². The number of carbonyl (C=O) groups excluding carboxylic acids is 4. The van der Waals surface area contributed by atoms with Gasteiger partial charge in [0.2, 0.25) is 17.7 Å². The van der Waals surface area contributed by atoms with Gasteiger partial charge in [-0.2, -0.15) is 0 Å². The number of anilines is 1. The Morgan fingerprint density at radius 3 is 2.49 bits per heavy atom. The van der Waals surface area contributed by atoms with Crippen LogP contribution in [-0.4, -0.2) is 78.9 Å². The van der Waals surface area contributed by atoms with Crippen LogP contribution in [0.2, 0.25) is 5.02 Å². The lowest BCUT2D eigenvalue weighted by Crippen LogP contribution is -2.60. The Bertz CT molecular complexity index is 1040. The van der Waals surface area contributed by atoms with Crippen LogP contribution in [0.25, 0.3) is 0 Å². The van der Waals surface area contributed by atoms with E-state index in [9.17, 15) is 19.2 Å². The highest BCUT2D eigenvalue weighted by Gasteiger charge is 2.39. The number of hydrogen-bond donors (Lipinski definition) is 2. The van der Waals surface area contributed by atoms with Gasteiger partial charge in [-0.05, 0) is 49.4 Å². The standard InChI is InChI=1S/C25H32ClN5O4/c1-14-7-18(9-20(26)23(14)19-5-6-21(32)28-24(19)34)30-12-16(13-30)27-22(33)8-15-10-31(11-15)25(35)29(2)17-3-4-17/h7,9,15-17,19H,3-6,8,10-13H2,1-2H3,(H,27,33)(H,28,32,34). The van der Waals surface area contributed by atoms with Crippen LogP contribution in [0.5, 0.6) is 0 Å².